The summed E-state index contributed by atoms with van der Waals surface area (Å²) in [4.78, 5) is 33.5. The van der Waals surface area contributed by atoms with Crippen molar-refractivity contribution in [3.05, 3.63) is 16.6 Å². The summed E-state index contributed by atoms with van der Waals surface area (Å²) in [6, 6.07) is 0. The summed E-state index contributed by atoms with van der Waals surface area (Å²) < 4.78 is 0. The van der Waals surface area contributed by atoms with Crippen LogP contribution in [0.2, 0.25) is 0 Å². The number of hydrogen-bond donors (Lipinski definition) is 0. The molecule has 6 heteroatoms. The molecular formula is C17H25N3O2S. The minimum absolute atomic E-state index is 0.0381. The fourth-order valence-electron chi connectivity index (χ4n) is 3.78. The molecule has 0 aromatic carbocycles. The lowest BCUT2D eigenvalue weighted by molar-refractivity contribution is -0.146. The number of rotatable bonds is 2. The van der Waals surface area contributed by atoms with Gasteiger partial charge in [0.2, 0.25) is 5.91 Å². The summed E-state index contributed by atoms with van der Waals surface area (Å²) >= 11 is 1.43. The Labute approximate surface area is 141 Å². The van der Waals surface area contributed by atoms with E-state index < -0.39 is 0 Å². The number of likely N-dealkylation sites (tertiary alicyclic amines) is 2. The van der Waals surface area contributed by atoms with E-state index in [2.05, 4.69) is 25.8 Å². The van der Waals surface area contributed by atoms with Gasteiger partial charge in [0, 0.05) is 31.6 Å². The van der Waals surface area contributed by atoms with Crippen molar-refractivity contribution in [3.63, 3.8) is 0 Å². The van der Waals surface area contributed by atoms with Crippen molar-refractivity contribution in [2.24, 2.45) is 10.8 Å². The van der Waals surface area contributed by atoms with Crippen molar-refractivity contribution in [1.82, 2.24) is 14.8 Å². The topological polar surface area (TPSA) is 53.5 Å². The number of amides is 2. The smallest absolute Gasteiger partial charge is 0.273 e. The van der Waals surface area contributed by atoms with Crippen LogP contribution in [0.5, 0.6) is 0 Å². The summed E-state index contributed by atoms with van der Waals surface area (Å²) in [6.45, 7) is 9.32. The first-order chi connectivity index (χ1) is 10.8. The van der Waals surface area contributed by atoms with Crippen molar-refractivity contribution >= 4 is 23.2 Å². The van der Waals surface area contributed by atoms with Gasteiger partial charge >= 0.3 is 0 Å². The fraction of sp³-hybridized carbons (Fsp3) is 0.706. The molecule has 1 aromatic rings. The Morgan fingerprint density at radius 3 is 2.78 bits per heavy atom. The summed E-state index contributed by atoms with van der Waals surface area (Å²) in [7, 11) is 0. The van der Waals surface area contributed by atoms with Gasteiger partial charge in [-0.3, -0.25) is 9.59 Å². The molecule has 2 fully saturated rings. The van der Waals surface area contributed by atoms with E-state index in [4.69, 9.17) is 0 Å². The first-order valence-corrected chi connectivity index (χ1v) is 9.22. The maximum absolute atomic E-state index is 13.1. The molecule has 2 amide bonds. The molecule has 2 saturated heterocycles. The third-order valence-corrected chi connectivity index (χ3v) is 5.37. The number of hydrogen-bond acceptors (Lipinski definition) is 4. The summed E-state index contributed by atoms with van der Waals surface area (Å²) in [6.07, 6.45) is 2.70. The van der Waals surface area contributed by atoms with Crippen LogP contribution >= 0.6 is 11.3 Å². The molecule has 0 aliphatic carbocycles. The molecule has 0 bridgehead atoms. The minimum Gasteiger partial charge on any atom is -0.342 e. The van der Waals surface area contributed by atoms with Crippen LogP contribution in [0.25, 0.3) is 0 Å². The molecule has 0 N–H and O–H groups in total. The van der Waals surface area contributed by atoms with E-state index in [1.54, 1.807) is 10.9 Å². The molecule has 3 heterocycles. The van der Waals surface area contributed by atoms with Crippen LogP contribution in [-0.4, -0.2) is 52.8 Å². The van der Waals surface area contributed by atoms with Crippen LogP contribution in [0.3, 0.4) is 0 Å². The van der Waals surface area contributed by atoms with Gasteiger partial charge in [-0.25, -0.2) is 4.98 Å². The molecule has 3 rings (SSSR count). The van der Waals surface area contributed by atoms with Gasteiger partial charge in [-0.1, -0.05) is 20.8 Å². The van der Waals surface area contributed by atoms with Crippen LogP contribution in [0, 0.1) is 10.8 Å². The first-order valence-electron chi connectivity index (χ1n) is 8.28. The van der Waals surface area contributed by atoms with E-state index in [0.29, 0.717) is 18.8 Å². The van der Waals surface area contributed by atoms with Crippen molar-refractivity contribution in [2.45, 2.75) is 40.0 Å². The minimum atomic E-state index is -0.366. The Balaban J connectivity index is 1.72. The molecule has 1 aromatic heterocycles. The van der Waals surface area contributed by atoms with Crippen molar-refractivity contribution in [3.8, 4) is 0 Å². The second-order valence-electron chi connectivity index (χ2n) is 8.02. The Morgan fingerprint density at radius 1 is 1.35 bits per heavy atom. The molecule has 0 radical (unpaired) electrons. The average molecular weight is 335 g/mol. The van der Waals surface area contributed by atoms with Crippen LogP contribution in [-0.2, 0) is 4.79 Å². The summed E-state index contributed by atoms with van der Waals surface area (Å²) in [5.74, 6) is 0.205. The zero-order valence-corrected chi connectivity index (χ0v) is 15.0. The lowest BCUT2D eigenvalue weighted by atomic mass is 9.77. The Bertz CT molecular complexity index is 593. The Morgan fingerprint density at radius 2 is 2.13 bits per heavy atom. The molecule has 2 aliphatic heterocycles. The maximum Gasteiger partial charge on any atom is 0.273 e. The lowest BCUT2D eigenvalue weighted by Crippen LogP contribution is -2.52. The van der Waals surface area contributed by atoms with Crippen LogP contribution < -0.4 is 0 Å². The summed E-state index contributed by atoms with van der Waals surface area (Å²) in [5.41, 5.74) is 1.91. The Hall–Kier alpha value is -1.43. The molecule has 126 valence electrons. The van der Waals surface area contributed by atoms with Gasteiger partial charge in [0.25, 0.3) is 5.91 Å². The second-order valence-corrected chi connectivity index (χ2v) is 8.74. The molecule has 2 aliphatic rings. The molecule has 23 heavy (non-hydrogen) atoms. The van der Waals surface area contributed by atoms with Gasteiger partial charge in [0.1, 0.15) is 5.69 Å². The van der Waals surface area contributed by atoms with E-state index in [1.807, 2.05) is 9.80 Å². The highest BCUT2D eigenvalue weighted by Crippen LogP contribution is 2.41. The standard InChI is InChI=1S/C17H25N3O2S/c1-16(2,3)10-20-7-4-5-17(15(20)22)6-8-19(11-17)14(21)13-9-23-12-18-13/h9,12H,4-8,10-11H2,1-3H3. The van der Waals surface area contributed by atoms with E-state index >= 15 is 0 Å². The van der Waals surface area contributed by atoms with Gasteiger partial charge < -0.3 is 9.80 Å². The molecule has 1 unspecified atom stereocenters. The third kappa shape index (κ3) is 3.27. The predicted octanol–water partition coefficient (Wildman–Crippen LogP) is 2.64. The number of thiazole rings is 1. The zero-order chi connectivity index (χ0) is 16.7. The van der Waals surface area contributed by atoms with Gasteiger partial charge in [-0.15, -0.1) is 11.3 Å². The van der Waals surface area contributed by atoms with Crippen LogP contribution in [0.15, 0.2) is 10.9 Å². The van der Waals surface area contributed by atoms with Crippen LogP contribution in [0.4, 0.5) is 0 Å². The molecule has 5 nitrogen and oxygen atoms in total. The SMILES string of the molecule is CC(C)(C)CN1CCCC2(CCN(C(=O)c3cscn3)C2)C1=O. The highest BCUT2D eigenvalue weighted by atomic mass is 32.1. The summed E-state index contributed by atoms with van der Waals surface area (Å²) in [5, 5.41) is 1.78. The van der Waals surface area contributed by atoms with E-state index in [9.17, 15) is 9.59 Å². The number of piperidine rings is 1. The average Bonchev–Trinajstić information content (AvgIpc) is 3.13. The lowest BCUT2D eigenvalue weighted by Gasteiger charge is -2.41. The number of carbonyl (C=O) groups excluding carboxylic acids is 2. The molecular weight excluding hydrogens is 310 g/mol. The second kappa shape index (κ2) is 5.89. The van der Waals surface area contributed by atoms with Crippen molar-refractivity contribution in [2.75, 3.05) is 26.2 Å². The van der Waals surface area contributed by atoms with Gasteiger partial charge in [0.05, 0.1) is 10.9 Å². The van der Waals surface area contributed by atoms with Crippen molar-refractivity contribution in [1.29, 1.82) is 0 Å². The van der Waals surface area contributed by atoms with Gasteiger partial charge in [-0.05, 0) is 24.7 Å². The van der Waals surface area contributed by atoms with E-state index in [-0.39, 0.29) is 22.6 Å². The Kier molecular flexibility index (Phi) is 4.21. The number of carbonyl (C=O) groups is 2. The van der Waals surface area contributed by atoms with E-state index in [1.165, 1.54) is 11.3 Å². The quantitative estimate of drug-likeness (QED) is 0.835. The van der Waals surface area contributed by atoms with Gasteiger partial charge in [0.15, 0.2) is 0 Å². The number of aromatic nitrogens is 1. The van der Waals surface area contributed by atoms with E-state index in [0.717, 1.165) is 32.4 Å². The zero-order valence-electron chi connectivity index (χ0n) is 14.2. The fourth-order valence-corrected chi connectivity index (χ4v) is 4.31. The predicted molar refractivity (Wildman–Crippen MR) is 90.3 cm³/mol. The van der Waals surface area contributed by atoms with Crippen LogP contribution in [0.1, 0.15) is 50.5 Å². The largest absolute Gasteiger partial charge is 0.342 e. The molecule has 1 spiro atoms. The highest BCUT2D eigenvalue weighted by molar-refractivity contribution is 7.07. The monoisotopic (exact) mass is 335 g/mol. The first kappa shape index (κ1) is 16.4. The highest BCUT2D eigenvalue weighted by Gasteiger charge is 2.49. The number of nitrogens with zero attached hydrogens (tertiary/aromatic N) is 3. The third-order valence-electron chi connectivity index (χ3n) is 4.78. The maximum atomic E-state index is 13.1. The van der Waals surface area contributed by atoms with Gasteiger partial charge in [-0.2, -0.15) is 0 Å². The molecule has 0 saturated carbocycles. The van der Waals surface area contributed by atoms with Crippen molar-refractivity contribution < 1.29 is 9.59 Å². The normalized spacial score (nSPS) is 25.4. The molecule has 1 atom stereocenters.